The summed E-state index contributed by atoms with van der Waals surface area (Å²) in [6, 6.07) is 0. The predicted octanol–water partition coefficient (Wildman–Crippen LogP) is 0.864. The highest BCUT2D eigenvalue weighted by molar-refractivity contribution is 5.98. The highest BCUT2D eigenvalue weighted by Crippen LogP contribution is 2.41. The summed E-state index contributed by atoms with van der Waals surface area (Å²) < 4.78 is 5.53. The summed E-state index contributed by atoms with van der Waals surface area (Å²) in [5.74, 6) is 1.40. The smallest absolute Gasteiger partial charge is 0.249 e. The van der Waals surface area contributed by atoms with Crippen LogP contribution in [0, 0.1) is 5.92 Å². The van der Waals surface area contributed by atoms with Crippen LogP contribution in [0.1, 0.15) is 38.3 Å². The monoisotopic (exact) mass is 277 g/mol. The maximum Gasteiger partial charge on any atom is 0.249 e. The van der Waals surface area contributed by atoms with Crippen molar-refractivity contribution in [3.8, 4) is 0 Å². The minimum absolute atomic E-state index is 0.0316. The number of piperazine rings is 1. The SMILES string of the molecule is CCc1cnc(CN2CC(=O)NC(C)(C3CC3)C2=O)o1. The maximum atomic E-state index is 12.6. The molecule has 1 saturated heterocycles. The lowest BCUT2D eigenvalue weighted by Gasteiger charge is -2.39. The molecule has 20 heavy (non-hydrogen) atoms. The Morgan fingerprint density at radius 3 is 2.85 bits per heavy atom. The quantitative estimate of drug-likeness (QED) is 0.886. The molecular formula is C14H19N3O3. The highest BCUT2D eigenvalue weighted by Gasteiger charge is 2.52. The Labute approximate surface area is 117 Å². The van der Waals surface area contributed by atoms with Crippen LogP contribution in [0.15, 0.2) is 10.6 Å². The van der Waals surface area contributed by atoms with E-state index in [1.165, 1.54) is 0 Å². The van der Waals surface area contributed by atoms with E-state index in [0.29, 0.717) is 5.89 Å². The zero-order valence-electron chi connectivity index (χ0n) is 11.8. The van der Waals surface area contributed by atoms with Gasteiger partial charge in [-0.1, -0.05) is 6.92 Å². The molecule has 0 spiro atoms. The number of amides is 2. The summed E-state index contributed by atoms with van der Waals surface area (Å²) in [7, 11) is 0. The first-order chi connectivity index (χ1) is 9.53. The number of hydrogen-bond acceptors (Lipinski definition) is 4. The van der Waals surface area contributed by atoms with Gasteiger partial charge in [0, 0.05) is 6.42 Å². The van der Waals surface area contributed by atoms with E-state index < -0.39 is 5.54 Å². The van der Waals surface area contributed by atoms with E-state index in [9.17, 15) is 9.59 Å². The van der Waals surface area contributed by atoms with Crippen LogP contribution in [0.2, 0.25) is 0 Å². The Hall–Kier alpha value is -1.85. The van der Waals surface area contributed by atoms with Gasteiger partial charge < -0.3 is 14.6 Å². The van der Waals surface area contributed by atoms with E-state index in [4.69, 9.17) is 4.42 Å². The lowest BCUT2D eigenvalue weighted by molar-refractivity contribution is -0.151. The van der Waals surface area contributed by atoms with Gasteiger partial charge in [0.15, 0.2) is 0 Å². The third-order valence-electron chi connectivity index (χ3n) is 4.13. The lowest BCUT2D eigenvalue weighted by Crippen LogP contribution is -2.66. The molecule has 108 valence electrons. The second-order valence-electron chi connectivity index (χ2n) is 5.76. The molecule has 3 rings (SSSR count). The molecule has 1 aromatic heterocycles. The molecule has 0 aromatic carbocycles. The largest absolute Gasteiger partial charge is 0.444 e. The molecule has 6 heteroatoms. The Kier molecular flexibility index (Phi) is 3.03. The Bertz CT molecular complexity index is 550. The van der Waals surface area contributed by atoms with Gasteiger partial charge in [-0.15, -0.1) is 0 Å². The Balaban J connectivity index is 1.77. The van der Waals surface area contributed by atoms with Crippen LogP contribution in [-0.4, -0.2) is 33.8 Å². The Morgan fingerprint density at radius 1 is 1.50 bits per heavy atom. The van der Waals surface area contributed by atoms with Gasteiger partial charge in [-0.3, -0.25) is 9.59 Å². The van der Waals surface area contributed by atoms with E-state index in [-0.39, 0.29) is 30.8 Å². The number of carbonyl (C=O) groups is 2. The molecule has 1 saturated carbocycles. The topological polar surface area (TPSA) is 75.4 Å². The zero-order valence-corrected chi connectivity index (χ0v) is 11.8. The van der Waals surface area contributed by atoms with Crippen molar-refractivity contribution in [3.63, 3.8) is 0 Å². The number of nitrogens with one attached hydrogen (secondary N) is 1. The van der Waals surface area contributed by atoms with Crippen molar-refractivity contribution in [2.45, 2.75) is 45.2 Å². The van der Waals surface area contributed by atoms with E-state index in [0.717, 1.165) is 25.0 Å². The van der Waals surface area contributed by atoms with E-state index in [1.807, 2.05) is 13.8 Å². The maximum absolute atomic E-state index is 12.6. The average Bonchev–Trinajstić information content (AvgIpc) is 3.17. The van der Waals surface area contributed by atoms with E-state index in [1.54, 1.807) is 11.1 Å². The van der Waals surface area contributed by atoms with Crippen LogP contribution in [0.25, 0.3) is 0 Å². The summed E-state index contributed by atoms with van der Waals surface area (Å²) >= 11 is 0. The molecule has 2 heterocycles. The van der Waals surface area contributed by atoms with Crippen molar-refractivity contribution in [3.05, 3.63) is 17.8 Å². The van der Waals surface area contributed by atoms with Gasteiger partial charge in [0.1, 0.15) is 17.8 Å². The van der Waals surface area contributed by atoms with Crippen molar-refractivity contribution in [2.75, 3.05) is 6.54 Å². The standard InChI is InChI=1S/C14H19N3O3/c1-3-10-6-15-12(20-10)8-17-7-11(18)16-14(2,13(17)19)9-4-5-9/h6,9H,3-5,7-8H2,1-2H3,(H,16,18). The number of rotatable bonds is 4. The van der Waals surface area contributed by atoms with E-state index >= 15 is 0 Å². The first kappa shape index (κ1) is 13.1. The van der Waals surface area contributed by atoms with Crippen molar-refractivity contribution >= 4 is 11.8 Å². The number of aromatic nitrogens is 1. The second kappa shape index (κ2) is 4.61. The van der Waals surface area contributed by atoms with Crippen LogP contribution >= 0.6 is 0 Å². The average molecular weight is 277 g/mol. The summed E-state index contributed by atoms with van der Waals surface area (Å²) in [6.07, 6.45) is 4.43. The number of carbonyl (C=O) groups excluding carboxylic acids is 2. The molecule has 1 N–H and O–H groups in total. The summed E-state index contributed by atoms with van der Waals surface area (Å²) in [4.78, 5) is 30.2. The molecule has 2 fully saturated rings. The normalized spacial score (nSPS) is 26.8. The zero-order chi connectivity index (χ0) is 14.3. The fraction of sp³-hybridized carbons (Fsp3) is 0.643. The minimum Gasteiger partial charge on any atom is -0.444 e. The van der Waals surface area contributed by atoms with Crippen molar-refractivity contribution < 1.29 is 14.0 Å². The van der Waals surface area contributed by atoms with Gasteiger partial charge >= 0.3 is 0 Å². The van der Waals surface area contributed by atoms with Crippen molar-refractivity contribution in [1.82, 2.24) is 15.2 Å². The van der Waals surface area contributed by atoms with Gasteiger partial charge in [-0.2, -0.15) is 0 Å². The van der Waals surface area contributed by atoms with Crippen LogP contribution in [0.4, 0.5) is 0 Å². The summed E-state index contributed by atoms with van der Waals surface area (Å²) in [5.41, 5.74) is -0.754. The van der Waals surface area contributed by atoms with Gasteiger partial charge in [0.05, 0.1) is 12.7 Å². The fourth-order valence-corrected chi connectivity index (χ4v) is 2.77. The number of nitrogens with zero attached hydrogens (tertiary/aromatic N) is 2. The third-order valence-corrected chi connectivity index (χ3v) is 4.13. The number of oxazole rings is 1. The first-order valence-electron chi connectivity index (χ1n) is 7.07. The highest BCUT2D eigenvalue weighted by atomic mass is 16.4. The molecule has 1 aliphatic heterocycles. The first-order valence-corrected chi connectivity index (χ1v) is 7.07. The molecular weight excluding hydrogens is 258 g/mol. The summed E-state index contributed by atoms with van der Waals surface area (Å²) in [6.45, 7) is 4.14. The van der Waals surface area contributed by atoms with Crippen LogP contribution < -0.4 is 5.32 Å². The van der Waals surface area contributed by atoms with Crippen molar-refractivity contribution in [2.24, 2.45) is 5.92 Å². The third kappa shape index (κ3) is 2.19. The molecule has 1 atom stereocenters. The number of aryl methyl sites for hydroxylation is 1. The molecule has 2 amide bonds. The van der Waals surface area contributed by atoms with E-state index in [2.05, 4.69) is 10.3 Å². The molecule has 0 bridgehead atoms. The molecule has 1 aromatic rings. The minimum atomic E-state index is -0.754. The molecule has 2 aliphatic rings. The fourth-order valence-electron chi connectivity index (χ4n) is 2.77. The van der Waals surface area contributed by atoms with Crippen molar-refractivity contribution in [1.29, 1.82) is 0 Å². The molecule has 1 unspecified atom stereocenters. The summed E-state index contributed by atoms with van der Waals surface area (Å²) in [5, 5.41) is 2.86. The second-order valence-corrected chi connectivity index (χ2v) is 5.76. The lowest BCUT2D eigenvalue weighted by atomic mass is 9.91. The van der Waals surface area contributed by atoms with Crippen LogP contribution in [0.5, 0.6) is 0 Å². The van der Waals surface area contributed by atoms with Crippen LogP contribution in [-0.2, 0) is 22.6 Å². The number of hydrogen-bond donors (Lipinski definition) is 1. The molecule has 1 aliphatic carbocycles. The molecule has 0 radical (unpaired) electrons. The van der Waals surface area contributed by atoms with Crippen LogP contribution in [0.3, 0.4) is 0 Å². The van der Waals surface area contributed by atoms with Gasteiger partial charge in [0.25, 0.3) is 0 Å². The predicted molar refractivity (Wildman–Crippen MR) is 70.6 cm³/mol. The van der Waals surface area contributed by atoms with Gasteiger partial charge in [-0.25, -0.2) is 4.98 Å². The molecule has 6 nitrogen and oxygen atoms in total. The van der Waals surface area contributed by atoms with Gasteiger partial charge in [0.2, 0.25) is 17.7 Å². The van der Waals surface area contributed by atoms with Gasteiger partial charge in [-0.05, 0) is 25.7 Å². The Morgan fingerprint density at radius 2 is 2.25 bits per heavy atom.